The lowest BCUT2D eigenvalue weighted by atomic mass is 9.86. The van der Waals surface area contributed by atoms with Gasteiger partial charge < -0.3 is 10.8 Å². The van der Waals surface area contributed by atoms with Crippen molar-refractivity contribution < 1.29 is 18.3 Å². The summed E-state index contributed by atoms with van der Waals surface area (Å²) in [5, 5.41) is 10.7. The quantitative estimate of drug-likeness (QED) is 0.415. The molecule has 1 saturated carbocycles. The maximum Gasteiger partial charge on any atom is 0.325 e. The summed E-state index contributed by atoms with van der Waals surface area (Å²) in [7, 11) is -4.07. The molecule has 1 fully saturated rings. The van der Waals surface area contributed by atoms with Crippen LogP contribution in [0.25, 0.3) is 10.4 Å². The molecule has 0 radical (unpaired) electrons. The van der Waals surface area contributed by atoms with E-state index in [1.807, 2.05) is 42.5 Å². The van der Waals surface area contributed by atoms with Crippen molar-refractivity contribution in [3.05, 3.63) is 77.3 Å². The predicted molar refractivity (Wildman–Crippen MR) is 126 cm³/mol. The number of rotatable bonds is 9. The Labute approximate surface area is 196 Å². The van der Waals surface area contributed by atoms with Gasteiger partial charge in [-0.2, -0.15) is 4.72 Å². The van der Waals surface area contributed by atoms with Crippen LogP contribution in [-0.2, 0) is 20.2 Å². The van der Waals surface area contributed by atoms with E-state index in [9.17, 15) is 18.3 Å². The summed E-state index contributed by atoms with van der Waals surface area (Å²) in [5.41, 5.74) is 4.87. The molecule has 1 aliphatic carbocycles. The first kappa shape index (κ1) is 22.9. The number of halogens is 1. The minimum Gasteiger partial charge on any atom is -0.480 e. The zero-order valence-corrected chi connectivity index (χ0v) is 19.5. The van der Waals surface area contributed by atoms with Gasteiger partial charge >= 0.3 is 5.97 Å². The van der Waals surface area contributed by atoms with Crippen molar-refractivity contribution in [3.63, 3.8) is 0 Å². The van der Waals surface area contributed by atoms with E-state index in [1.165, 1.54) is 6.07 Å². The van der Waals surface area contributed by atoms with Crippen molar-refractivity contribution in [3.8, 4) is 10.4 Å². The molecule has 0 aliphatic heterocycles. The Hall–Kier alpha value is -2.23. The molecule has 0 spiro atoms. The first-order valence-corrected chi connectivity index (χ1v) is 12.8. The Morgan fingerprint density at radius 3 is 2.41 bits per heavy atom. The van der Waals surface area contributed by atoms with Crippen LogP contribution < -0.4 is 10.5 Å². The Balaban J connectivity index is 1.67. The first-order valence-electron chi connectivity index (χ1n) is 10.1. The molecule has 6 nitrogen and oxygen atoms in total. The number of carboxylic acids is 1. The Morgan fingerprint density at radius 1 is 1.09 bits per heavy atom. The van der Waals surface area contributed by atoms with Crippen LogP contribution in [0, 0.1) is 0 Å². The van der Waals surface area contributed by atoms with Gasteiger partial charge in [0.1, 0.15) is 9.75 Å². The molecule has 0 bridgehead atoms. The topological polar surface area (TPSA) is 109 Å². The van der Waals surface area contributed by atoms with Crippen molar-refractivity contribution in [1.29, 1.82) is 0 Å². The molecule has 0 amide bonds. The highest BCUT2D eigenvalue weighted by molar-refractivity contribution is 7.91. The van der Waals surface area contributed by atoms with Gasteiger partial charge in [-0.05, 0) is 61.2 Å². The lowest BCUT2D eigenvalue weighted by Crippen LogP contribution is -2.48. The van der Waals surface area contributed by atoms with E-state index in [0.29, 0.717) is 24.4 Å². The summed E-state index contributed by atoms with van der Waals surface area (Å²) in [6.07, 6.45) is 1.24. The van der Waals surface area contributed by atoms with Crippen LogP contribution in [0.3, 0.4) is 0 Å². The van der Waals surface area contributed by atoms with Gasteiger partial charge in [0, 0.05) is 15.3 Å². The van der Waals surface area contributed by atoms with E-state index >= 15 is 0 Å². The molecular weight excluding hydrogens is 468 g/mol. The van der Waals surface area contributed by atoms with E-state index in [2.05, 4.69) is 4.72 Å². The second-order valence-corrected chi connectivity index (χ2v) is 11.4. The Kier molecular flexibility index (Phi) is 6.17. The largest absolute Gasteiger partial charge is 0.480 e. The number of carboxylic acid groups (broad SMARTS) is 1. The third kappa shape index (κ3) is 3.97. The van der Waals surface area contributed by atoms with Crippen LogP contribution in [0.2, 0.25) is 5.02 Å². The van der Waals surface area contributed by atoms with Gasteiger partial charge in [0.05, 0.1) is 0 Å². The molecular formula is C23H23ClN2O4S2. The fourth-order valence-electron chi connectivity index (χ4n) is 4.34. The van der Waals surface area contributed by atoms with Gasteiger partial charge in [-0.3, -0.25) is 4.79 Å². The summed E-state index contributed by atoms with van der Waals surface area (Å²) < 4.78 is 29.2. The molecule has 1 aliphatic rings. The maximum absolute atomic E-state index is 13.3. The maximum atomic E-state index is 13.3. The van der Waals surface area contributed by atoms with E-state index < -0.39 is 26.9 Å². The summed E-state index contributed by atoms with van der Waals surface area (Å²) >= 11 is 7.02. The van der Waals surface area contributed by atoms with Gasteiger partial charge in [-0.25, -0.2) is 8.42 Å². The number of benzene rings is 2. The van der Waals surface area contributed by atoms with Crippen LogP contribution in [0.4, 0.5) is 0 Å². The van der Waals surface area contributed by atoms with Crippen LogP contribution in [-0.4, -0.2) is 31.6 Å². The molecule has 2 unspecified atom stereocenters. The fourth-order valence-corrected chi connectivity index (χ4v) is 7.20. The van der Waals surface area contributed by atoms with Gasteiger partial charge in [0.25, 0.3) is 10.0 Å². The van der Waals surface area contributed by atoms with Gasteiger partial charge in [0.2, 0.25) is 0 Å². The normalized spacial score (nSPS) is 22.6. The molecule has 4 rings (SSSR count). The monoisotopic (exact) mass is 490 g/mol. The smallest absolute Gasteiger partial charge is 0.325 e. The zero-order chi connectivity index (χ0) is 23.0. The number of carbonyl (C=O) groups is 1. The minimum atomic E-state index is -4.07. The van der Waals surface area contributed by atoms with Gasteiger partial charge in [-0.1, -0.05) is 54.1 Å². The zero-order valence-electron chi connectivity index (χ0n) is 17.1. The Bertz CT molecular complexity index is 1230. The molecule has 168 valence electrons. The summed E-state index contributed by atoms with van der Waals surface area (Å²) in [6, 6.07) is 19.5. The van der Waals surface area contributed by atoms with Gasteiger partial charge in [0.15, 0.2) is 0 Å². The summed E-state index contributed by atoms with van der Waals surface area (Å²) in [5.74, 6) is -1.18. The lowest BCUT2D eigenvalue weighted by molar-refractivity contribution is -0.140. The average Bonchev–Trinajstić information content (AvgIpc) is 3.15. The molecule has 32 heavy (non-hydrogen) atoms. The van der Waals surface area contributed by atoms with Crippen LogP contribution in [0.1, 0.15) is 24.8 Å². The van der Waals surface area contributed by atoms with E-state index in [1.54, 1.807) is 18.2 Å². The summed E-state index contributed by atoms with van der Waals surface area (Å²) in [6.45, 7) is 0.395. The van der Waals surface area contributed by atoms with Crippen LogP contribution >= 0.6 is 22.9 Å². The van der Waals surface area contributed by atoms with Crippen molar-refractivity contribution in [2.75, 3.05) is 6.54 Å². The molecule has 3 aromatic rings. The molecule has 1 aromatic heterocycles. The van der Waals surface area contributed by atoms with E-state index in [4.69, 9.17) is 17.3 Å². The third-order valence-corrected chi connectivity index (χ3v) is 9.41. The van der Waals surface area contributed by atoms with Crippen molar-refractivity contribution in [1.82, 2.24) is 4.72 Å². The van der Waals surface area contributed by atoms with E-state index in [-0.39, 0.29) is 10.6 Å². The van der Waals surface area contributed by atoms with Crippen molar-refractivity contribution >= 4 is 38.9 Å². The average molecular weight is 491 g/mol. The number of nitrogens with one attached hydrogen (secondary N) is 1. The number of hydrogen-bond acceptors (Lipinski definition) is 5. The number of aliphatic carboxylic acids is 1. The molecule has 1 heterocycles. The van der Waals surface area contributed by atoms with Gasteiger partial charge in [-0.15, -0.1) is 11.3 Å². The molecule has 4 N–H and O–H groups in total. The highest BCUT2D eigenvalue weighted by Gasteiger charge is 2.74. The van der Waals surface area contributed by atoms with Crippen LogP contribution in [0.15, 0.2) is 70.9 Å². The molecule has 9 heteroatoms. The second-order valence-electron chi connectivity index (χ2n) is 7.96. The number of thiophene rings is 1. The molecule has 2 atom stereocenters. The summed E-state index contributed by atoms with van der Waals surface area (Å²) in [4.78, 5) is 13.2. The lowest BCUT2D eigenvalue weighted by Gasteiger charge is -2.24. The molecule has 0 saturated heterocycles. The van der Waals surface area contributed by atoms with Crippen LogP contribution in [0.5, 0.6) is 0 Å². The predicted octanol–water partition coefficient (Wildman–Crippen LogP) is 4.25. The minimum absolute atomic E-state index is 0.0655. The molecule has 2 aromatic carbocycles. The fraction of sp³-hybridized carbons (Fsp3) is 0.261. The highest BCUT2D eigenvalue weighted by Crippen LogP contribution is 2.61. The number of hydrogen-bond donors (Lipinski definition) is 3. The standard InChI is InChI=1S/C23H23ClN2O4S2/c24-18-9-7-16(8-10-18)19-11-12-20(31-19)32(29,30)26-23(21(27)28)15-22(23,13-4-14-25)17-5-2-1-3-6-17/h1-3,5-12,26H,4,13-15,25H2,(H,27,28). The third-order valence-electron chi connectivity index (χ3n) is 6.04. The first-order chi connectivity index (χ1) is 15.2. The number of nitrogens with two attached hydrogens (primary N) is 1. The highest BCUT2D eigenvalue weighted by atomic mass is 35.5. The van der Waals surface area contributed by atoms with Crippen molar-refractivity contribution in [2.24, 2.45) is 5.73 Å². The Morgan fingerprint density at radius 2 is 1.78 bits per heavy atom. The SMILES string of the molecule is NCCCC1(c2ccccc2)CC1(NS(=O)(=O)c1ccc(-c2ccc(Cl)cc2)s1)C(=O)O. The number of sulfonamides is 1. The van der Waals surface area contributed by atoms with E-state index in [0.717, 1.165) is 27.3 Å². The second kappa shape index (κ2) is 8.61. The van der Waals surface area contributed by atoms with Crippen molar-refractivity contribution in [2.45, 2.75) is 34.4 Å².